The molecule has 1 saturated heterocycles. The first-order valence-corrected chi connectivity index (χ1v) is 13.9. The number of rotatable bonds is 8. The van der Waals surface area contributed by atoms with Crippen LogP contribution in [-0.2, 0) is 4.74 Å². The fourth-order valence-electron chi connectivity index (χ4n) is 5.85. The molecule has 3 atom stereocenters. The van der Waals surface area contributed by atoms with E-state index in [1.54, 1.807) is 42.2 Å². The van der Waals surface area contributed by atoms with Crippen LogP contribution in [0.4, 0.5) is 20.4 Å². The number of halogens is 2. The van der Waals surface area contributed by atoms with Crippen molar-refractivity contribution < 1.29 is 33.0 Å². The Morgan fingerprint density at radius 1 is 1.16 bits per heavy atom. The normalized spacial score (nSPS) is 21.9. The third-order valence-electron chi connectivity index (χ3n) is 7.79. The number of nitrogens with two attached hydrogens (primary N) is 1. The molecule has 0 saturated carbocycles. The number of anilines is 2. The Bertz CT molecular complexity index is 1650. The van der Waals surface area contributed by atoms with E-state index in [-0.39, 0.29) is 67.5 Å². The molecular formula is C29H29F2N7O5. The standard InChI is InChI=1S/C29H29F2N7O5/c1-2-43-29(42)23-24(32)34-38-11-8-22(33-25(23)38)37-15-17(31)13-21(37)20-12-16(30)14-35(26(20)39)9-5-10-36-27(40)18-6-3-4-7-19(18)28(36)41/h3-4,6-8,11-12,14,17,21,26,39H,2,5,9-10,13,15H2,1H3,(H2,32,34)/t17-,21+,26?/m0/s1. The number of benzene rings is 1. The zero-order chi connectivity index (χ0) is 30.4. The number of fused-ring (bicyclic) bond motifs is 2. The highest BCUT2D eigenvalue weighted by Gasteiger charge is 2.40. The molecule has 3 N–H and O–H groups in total. The maximum absolute atomic E-state index is 14.9. The monoisotopic (exact) mass is 593 g/mol. The Morgan fingerprint density at radius 2 is 1.88 bits per heavy atom. The van der Waals surface area contributed by atoms with Gasteiger partial charge in [0, 0.05) is 37.5 Å². The smallest absolute Gasteiger partial charge is 0.345 e. The highest BCUT2D eigenvalue weighted by atomic mass is 19.1. The van der Waals surface area contributed by atoms with E-state index in [0.717, 1.165) is 11.1 Å². The molecule has 1 aromatic carbocycles. The third kappa shape index (κ3) is 4.96. The number of alkyl halides is 1. The average molecular weight is 594 g/mol. The minimum atomic E-state index is -1.30. The summed E-state index contributed by atoms with van der Waals surface area (Å²) in [5.74, 6) is -1.92. The summed E-state index contributed by atoms with van der Waals surface area (Å²) < 4.78 is 36.2. The Labute approximate surface area is 244 Å². The number of hydrogen-bond acceptors (Lipinski definition) is 10. The number of esters is 1. The lowest BCUT2D eigenvalue weighted by Gasteiger charge is -2.36. The highest BCUT2D eigenvalue weighted by molar-refractivity contribution is 6.21. The second kappa shape index (κ2) is 11.1. The number of aromatic nitrogens is 3. The molecule has 1 fully saturated rings. The number of hydrogen-bond donors (Lipinski definition) is 2. The molecule has 12 nitrogen and oxygen atoms in total. The predicted octanol–water partition coefficient (Wildman–Crippen LogP) is 2.46. The summed E-state index contributed by atoms with van der Waals surface area (Å²) in [7, 11) is 0. The summed E-state index contributed by atoms with van der Waals surface area (Å²) in [4.78, 5) is 46.5. The van der Waals surface area contributed by atoms with Crippen molar-refractivity contribution in [2.75, 3.05) is 36.9 Å². The zero-order valence-electron chi connectivity index (χ0n) is 23.2. The lowest BCUT2D eigenvalue weighted by Crippen LogP contribution is -2.44. The lowest BCUT2D eigenvalue weighted by molar-refractivity contribution is 0.0520. The van der Waals surface area contributed by atoms with Crippen molar-refractivity contribution in [1.29, 1.82) is 0 Å². The summed E-state index contributed by atoms with van der Waals surface area (Å²) in [6.45, 7) is 1.88. The molecule has 224 valence electrons. The van der Waals surface area contributed by atoms with Gasteiger partial charge >= 0.3 is 5.97 Å². The van der Waals surface area contributed by atoms with Gasteiger partial charge in [0.2, 0.25) is 0 Å². The van der Waals surface area contributed by atoms with Crippen molar-refractivity contribution in [3.8, 4) is 0 Å². The van der Waals surface area contributed by atoms with Crippen LogP contribution >= 0.6 is 0 Å². The van der Waals surface area contributed by atoms with Gasteiger partial charge in [-0.2, -0.15) is 0 Å². The minimum absolute atomic E-state index is 0.0219. The maximum Gasteiger partial charge on any atom is 0.345 e. The fourth-order valence-corrected chi connectivity index (χ4v) is 5.85. The predicted molar refractivity (Wildman–Crippen MR) is 150 cm³/mol. The van der Waals surface area contributed by atoms with Crippen LogP contribution in [-0.4, -0.2) is 92.0 Å². The Hall–Kier alpha value is -4.85. The van der Waals surface area contributed by atoms with Crippen LogP contribution in [0.3, 0.4) is 0 Å². The summed E-state index contributed by atoms with van der Waals surface area (Å²) in [5.41, 5.74) is 6.93. The molecule has 3 aromatic rings. The molecule has 14 heteroatoms. The van der Waals surface area contributed by atoms with Crippen molar-refractivity contribution in [3.05, 3.63) is 76.9 Å². The average Bonchev–Trinajstić information content (AvgIpc) is 3.61. The van der Waals surface area contributed by atoms with Crippen LogP contribution in [0.25, 0.3) is 5.65 Å². The van der Waals surface area contributed by atoms with E-state index in [2.05, 4.69) is 10.1 Å². The number of nitrogens with zero attached hydrogens (tertiary/aromatic N) is 6. The van der Waals surface area contributed by atoms with E-state index in [4.69, 9.17) is 10.5 Å². The van der Waals surface area contributed by atoms with Gasteiger partial charge in [-0.3, -0.25) is 14.5 Å². The molecule has 0 bridgehead atoms. The Morgan fingerprint density at radius 3 is 2.58 bits per heavy atom. The zero-order valence-corrected chi connectivity index (χ0v) is 23.2. The van der Waals surface area contributed by atoms with E-state index < -0.39 is 42.1 Å². The SMILES string of the molecule is CCOC(=O)c1c(N)nn2ccc(N3C[C@@H](F)C[C@@H]3C3=CC(F)=CN(CCCN4C(=O)c5ccccc5C4=O)C3O)nc12. The molecule has 43 heavy (non-hydrogen) atoms. The van der Waals surface area contributed by atoms with Gasteiger partial charge in [0.05, 0.1) is 30.3 Å². The van der Waals surface area contributed by atoms with Gasteiger partial charge in [-0.05, 0) is 37.6 Å². The van der Waals surface area contributed by atoms with E-state index in [1.807, 2.05) is 0 Å². The molecule has 1 unspecified atom stereocenters. The van der Waals surface area contributed by atoms with Crippen molar-refractivity contribution in [1.82, 2.24) is 24.4 Å². The van der Waals surface area contributed by atoms with Gasteiger partial charge < -0.3 is 25.4 Å². The second-order valence-corrected chi connectivity index (χ2v) is 10.5. The number of amides is 2. The van der Waals surface area contributed by atoms with Crippen LogP contribution in [0.5, 0.6) is 0 Å². The van der Waals surface area contributed by atoms with Crippen molar-refractivity contribution in [2.24, 2.45) is 0 Å². The van der Waals surface area contributed by atoms with Gasteiger partial charge in [0.25, 0.3) is 11.8 Å². The first-order valence-electron chi connectivity index (χ1n) is 13.9. The summed E-state index contributed by atoms with van der Waals surface area (Å²) in [6.07, 6.45) is 1.48. The van der Waals surface area contributed by atoms with Gasteiger partial charge in [-0.1, -0.05) is 12.1 Å². The molecule has 0 aliphatic carbocycles. The van der Waals surface area contributed by atoms with Crippen molar-refractivity contribution in [2.45, 2.75) is 38.2 Å². The van der Waals surface area contributed by atoms with E-state index in [1.165, 1.54) is 21.7 Å². The summed E-state index contributed by atoms with van der Waals surface area (Å²) >= 11 is 0. The van der Waals surface area contributed by atoms with Crippen LogP contribution in [0.1, 0.15) is 50.8 Å². The van der Waals surface area contributed by atoms with Gasteiger partial charge in [-0.25, -0.2) is 23.1 Å². The summed E-state index contributed by atoms with van der Waals surface area (Å²) in [6, 6.07) is 7.37. The quantitative estimate of drug-likeness (QED) is 0.295. The van der Waals surface area contributed by atoms with Crippen LogP contribution in [0.2, 0.25) is 0 Å². The van der Waals surface area contributed by atoms with Gasteiger partial charge in [-0.15, -0.1) is 5.10 Å². The van der Waals surface area contributed by atoms with Crippen molar-refractivity contribution in [3.63, 3.8) is 0 Å². The number of carbonyl (C=O) groups is 3. The first-order chi connectivity index (χ1) is 20.7. The molecular weight excluding hydrogens is 564 g/mol. The largest absolute Gasteiger partial charge is 0.462 e. The first kappa shape index (κ1) is 28.3. The number of ether oxygens (including phenoxy) is 1. The fraction of sp³-hybridized carbons (Fsp3) is 0.345. The van der Waals surface area contributed by atoms with E-state index in [9.17, 15) is 28.3 Å². The maximum atomic E-state index is 14.9. The number of allylic oxidation sites excluding steroid dienone is 2. The lowest BCUT2D eigenvalue weighted by atomic mass is 9.99. The molecule has 5 heterocycles. The topological polar surface area (TPSA) is 147 Å². The Kier molecular flexibility index (Phi) is 7.30. The second-order valence-electron chi connectivity index (χ2n) is 10.5. The van der Waals surface area contributed by atoms with Crippen LogP contribution in [0.15, 0.2) is 60.2 Å². The molecule has 2 aromatic heterocycles. The number of aliphatic hydroxyl groups excluding tert-OH is 1. The number of imide groups is 1. The molecule has 0 radical (unpaired) electrons. The number of carbonyl (C=O) groups excluding carboxylic acids is 3. The Balaban J connectivity index is 1.20. The molecule has 0 spiro atoms. The minimum Gasteiger partial charge on any atom is -0.462 e. The van der Waals surface area contributed by atoms with Crippen LogP contribution in [0, 0.1) is 0 Å². The number of nitrogen functional groups attached to an aromatic ring is 1. The van der Waals surface area contributed by atoms with Gasteiger partial charge in [0.1, 0.15) is 23.4 Å². The molecule has 2 amide bonds. The summed E-state index contributed by atoms with van der Waals surface area (Å²) in [5, 5.41) is 15.4. The van der Waals surface area contributed by atoms with E-state index >= 15 is 0 Å². The van der Waals surface area contributed by atoms with Gasteiger partial charge in [0.15, 0.2) is 17.7 Å². The highest BCUT2D eigenvalue weighted by Crippen LogP contribution is 2.35. The molecule has 6 rings (SSSR count). The number of aliphatic hydroxyl groups is 1. The third-order valence-corrected chi connectivity index (χ3v) is 7.79. The van der Waals surface area contributed by atoms with Crippen molar-refractivity contribution >= 4 is 35.1 Å². The van der Waals surface area contributed by atoms with Crippen LogP contribution < -0.4 is 10.6 Å². The molecule has 3 aliphatic heterocycles. The molecule has 3 aliphatic rings. The van der Waals surface area contributed by atoms with E-state index in [0.29, 0.717) is 11.1 Å².